The molecule has 2 heterocycles. The number of carbonyl (C=O) groups is 3. The molecule has 0 bridgehead atoms. The Labute approximate surface area is 115 Å². The zero-order chi connectivity index (χ0) is 14.3. The first-order chi connectivity index (χ1) is 9.61. The molecule has 102 valence electrons. The number of aromatic nitrogens is 1. The highest BCUT2D eigenvalue weighted by molar-refractivity contribution is 6.02. The van der Waals surface area contributed by atoms with E-state index in [2.05, 4.69) is 5.32 Å². The van der Waals surface area contributed by atoms with E-state index >= 15 is 0 Å². The van der Waals surface area contributed by atoms with E-state index in [1.54, 1.807) is 6.07 Å². The highest BCUT2D eigenvalue weighted by atomic mass is 16.2. The zero-order valence-corrected chi connectivity index (χ0v) is 11.1. The van der Waals surface area contributed by atoms with Gasteiger partial charge in [0.25, 0.3) is 0 Å². The molecule has 1 saturated heterocycles. The first-order valence-electron chi connectivity index (χ1n) is 6.49. The van der Waals surface area contributed by atoms with Crippen molar-refractivity contribution in [2.45, 2.75) is 18.8 Å². The second-order valence-electron chi connectivity index (χ2n) is 5.03. The first-order valence-corrected chi connectivity index (χ1v) is 6.49. The number of benzene rings is 1. The third-order valence-corrected chi connectivity index (χ3v) is 3.88. The summed E-state index contributed by atoms with van der Waals surface area (Å²) in [5.41, 5.74) is 2.35. The largest absolute Gasteiger partial charge is 0.347 e. The molecule has 3 rings (SSSR count). The van der Waals surface area contributed by atoms with E-state index in [-0.39, 0.29) is 17.7 Å². The molecule has 1 aromatic heterocycles. The molecule has 1 atom stereocenters. The quantitative estimate of drug-likeness (QED) is 0.664. The highest BCUT2D eigenvalue weighted by Gasteiger charge is 2.30. The van der Waals surface area contributed by atoms with Crippen molar-refractivity contribution in [1.82, 2.24) is 9.88 Å². The van der Waals surface area contributed by atoms with Crippen LogP contribution in [0.25, 0.3) is 10.9 Å². The van der Waals surface area contributed by atoms with Gasteiger partial charge in [-0.25, -0.2) is 0 Å². The average molecular weight is 270 g/mol. The van der Waals surface area contributed by atoms with Crippen LogP contribution in [0.1, 0.15) is 34.8 Å². The Kier molecular flexibility index (Phi) is 2.89. The lowest BCUT2D eigenvalue weighted by Gasteiger charge is -2.21. The van der Waals surface area contributed by atoms with Gasteiger partial charge in [0.05, 0.1) is 5.92 Å². The van der Waals surface area contributed by atoms with Gasteiger partial charge < -0.3 is 4.57 Å². The Balaban J connectivity index is 2.13. The number of aldehydes is 1. The molecule has 5 heteroatoms. The van der Waals surface area contributed by atoms with E-state index in [4.69, 9.17) is 0 Å². The molecule has 20 heavy (non-hydrogen) atoms. The van der Waals surface area contributed by atoms with Gasteiger partial charge in [-0.1, -0.05) is 12.1 Å². The predicted octanol–water partition coefficient (Wildman–Crippen LogP) is 1.51. The Morgan fingerprint density at radius 2 is 2.15 bits per heavy atom. The molecule has 0 radical (unpaired) electrons. The maximum Gasteiger partial charge on any atom is 0.235 e. The molecule has 1 aromatic carbocycles. The molecular weight excluding hydrogens is 256 g/mol. The van der Waals surface area contributed by atoms with Crippen LogP contribution >= 0.6 is 0 Å². The second kappa shape index (κ2) is 4.59. The molecule has 1 fully saturated rings. The van der Waals surface area contributed by atoms with E-state index in [1.165, 1.54) is 0 Å². The van der Waals surface area contributed by atoms with E-state index in [0.29, 0.717) is 18.4 Å². The van der Waals surface area contributed by atoms with Crippen molar-refractivity contribution < 1.29 is 14.4 Å². The maximum absolute atomic E-state index is 12.0. The fourth-order valence-electron chi connectivity index (χ4n) is 2.82. The smallest absolute Gasteiger partial charge is 0.235 e. The predicted molar refractivity (Wildman–Crippen MR) is 73.4 cm³/mol. The lowest BCUT2D eigenvalue weighted by atomic mass is 9.94. The van der Waals surface area contributed by atoms with Crippen LogP contribution < -0.4 is 5.32 Å². The number of hydrogen-bond donors (Lipinski definition) is 1. The normalized spacial score (nSPS) is 19.1. The van der Waals surface area contributed by atoms with Crippen LogP contribution in [0.2, 0.25) is 0 Å². The molecule has 1 unspecified atom stereocenters. The van der Waals surface area contributed by atoms with Crippen LogP contribution in [0.4, 0.5) is 0 Å². The molecule has 1 aliphatic rings. The Hall–Kier alpha value is -2.43. The standard InChI is InChI=1S/C15H14N2O3/c1-17-12-4-2-3-9(8-18)11(12)7-13(17)10-5-6-14(19)16-15(10)20/h2-4,7-8,10H,5-6H2,1H3,(H,16,19,20). The molecule has 0 aliphatic carbocycles. The van der Waals surface area contributed by atoms with Crippen LogP contribution in [0.15, 0.2) is 24.3 Å². The summed E-state index contributed by atoms with van der Waals surface area (Å²) in [7, 11) is 1.87. The lowest BCUT2D eigenvalue weighted by Crippen LogP contribution is -2.40. The molecule has 0 spiro atoms. The summed E-state index contributed by atoms with van der Waals surface area (Å²) in [5.74, 6) is -0.831. The molecule has 1 N–H and O–H groups in total. The lowest BCUT2D eigenvalue weighted by molar-refractivity contribution is -0.134. The maximum atomic E-state index is 12.0. The summed E-state index contributed by atoms with van der Waals surface area (Å²) >= 11 is 0. The van der Waals surface area contributed by atoms with Crippen LogP contribution in [0.3, 0.4) is 0 Å². The number of nitrogens with zero attached hydrogens (tertiary/aromatic N) is 1. The first kappa shape index (κ1) is 12.6. The van der Waals surface area contributed by atoms with E-state index in [9.17, 15) is 14.4 Å². The molecule has 2 amide bonds. The average Bonchev–Trinajstić information content (AvgIpc) is 2.76. The molecule has 5 nitrogen and oxygen atoms in total. The van der Waals surface area contributed by atoms with Crippen LogP contribution in [-0.2, 0) is 16.6 Å². The summed E-state index contributed by atoms with van der Waals surface area (Å²) in [6.07, 6.45) is 1.67. The third kappa shape index (κ3) is 1.82. The van der Waals surface area contributed by atoms with Crippen molar-refractivity contribution in [2.75, 3.05) is 0 Å². The van der Waals surface area contributed by atoms with Gasteiger partial charge >= 0.3 is 0 Å². The zero-order valence-electron chi connectivity index (χ0n) is 11.1. The van der Waals surface area contributed by atoms with E-state index in [1.807, 2.05) is 29.8 Å². The fraction of sp³-hybridized carbons (Fsp3) is 0.267. The van der Waals surface area contributed by atoms with Gasteiger partial charge in [-0.2, -0.15) is 0 Å². The molecule has 2 aromatic rings. The van der Waals surface area contributed by atoms with Gasteiger partial charge in [0.1, 0.15) is 0 Å². The Bertz CT molecular complexity index is 730. The van der Waals surface area contributed by atoms with Gasteiger partial charge in [-0.3, -0.25) is 19.7 Å². The Morgan fingerprint density at radius 3 is 2.85 bits per heavy atom. The minimum atomic E-state index is -0.343. The topological polar surface area (TPSA) is 68.2 Å². The summed E-state index contributed by atoms with van der Waals surface area (Å²) in [6.45, 7) is 0. The minimum Gasteiger partial charge on any atom is -0.347 e. The molecular formula is C15H14N2O3. The monoisotopic (exact) mass is 270 g/mol. The summed E-state index contributed by atoms with van der Waals surface area (Å²) in [4.78, 5) is 34.3. The van der Waals surface area contributed by atoms with Crippen molar-refractivity contribution in [2.24, 2.45) is 7.05 Å². The number of imide groups is 1. The summed E-state index contributed by atoms with van der Waals surface area (Å²) in [5, 5.41) is 3.20. The highest BCUT2D eigenvalue weighted by Crippen LogP contribution is 2.30. The van der Waals surface area contributed by atoms with Crippen molar-refractivity contribution in [1.29, 1.82) is 0 Å². The number of rotatable bonds is 2. The van der Waals surface area contributed by atoms with E-state index < -0.39 is 0 Å². The van der Waals surface area contributed by atoms with Crippen molar-refractivity contribution in [3.05, 3.63) is 35.5 Å². The Morgan fingerprint density at radius 1 is 1.35 bits per heavy atom. The summed E-state index contributed by atoms with van der Waals surface area (Å²) < 4.78 is 1.92. The molecule has 1 aliphatic heterocycles. The van der Waals surface area contributed by atoms with Crippen LogP contribution in [-0.4, -0.2) is 22.7 Å². The number of amides is 2. The van der Waals surface area contributed by atoms with Crippen LogP contribution in [0, 0.1) is 0 Å². The minimum absolute atomic E-state index is 0.224. The number of piperidine rings is 1. The number of hydrogen-bond acceptors (Lipinski definition) is 3. The van der Waals surface area contributed by atoms with Gasteiger partial charge in [0.15, 0.2) is 6.29 Å². The van der Waals surface area contributed by atoms with Gasteiger partial charge in [-0.15, -0.1) is 0 Å². The number of aryl methyl sites for hydroxylation is 1. The van der Waals surface area contributed by atoms with Crippen molar-refractivity contribution >= 4 is 29.0 Å². The fourth-order valence-corrected chi connectivity index (χ4v) is 2.82. The van der Waals surface area contributed by atoms with Gasteiger partial charge in [0, 0.05) is 35.6 Å². The van der Waals surface area contributed by atoms with E-state index in [0.717, 1.165) is 22.9 Å². The molecule has 0 saturated carbocycles. The third-order valence-electron chi connectivity index (χ3n) is 3.88. The second-order valence-corrected chi connectivity index (χ2v) is 5.03. The number of nitrogens with one attached hydrogen (secondary N) is 1. The van der Waals surface area contributed by atoms with Gasteiger partial charge in [-0.05, 0) is 18.6 Å². The SMILES string of the molecule is Cn1c(C2CCC(=O)NC2=O)cc2c(C=O)cccc21. The number of carbonyl (C=O) groups excluding carboxylic acids is 3. The number of fused-ring (bicyclic) bond motifs is 1. The summed E-state index contributed by atoms with van der Waals surface area (Å²) in [6, 6.07) is 7.36. The van der Waals surface area contributed by atoms with Gasteiger partial charge in [0.2, 0.25) is 11.8 Å². The van der Waals surface area contributed by atoms with Crippen LogP contribution in [0.5, 0.6) is 0 Å². The van der Waals surface area contributed by atoms with Crippen molar-refractivity contribution in [3.63, 3.8) is 0 Å². The van der Waals surface area contributed by atoms with Crippen molar-refractivity contribution in [3.8, 4) is 0 Å².